The van der Waals surface area contributed by atoms with Gasteiger partial charge in [0.25, 0.3) is 0 Å². The zero-order valence-electron chi connectivity index (χ0n) is 38.7. The maximum absolute atomic E-state index is 15.9. The number of hydrogen-bond acceptors (Lipinski definition) is 5. The molecule has 0 saturated heterocycles. The average molecular weight is 958 g/mol. The van der Waals surface area contributed by atoms with Crippen molar-refractivity contribution in [3.05, 3.63) is 198 Å². The minimum Gasteiger partial charge on any atom is -0.497 e. The molecule has 3 N–H and O–H groups in total. The van der Waals surface area contributed by atoms with Gasteiger partial charge in [-0.1, -0.05) is 60.7 Å². The summed E-state index contributed by atoms with van der Waals surface area (Å²) in [4.78, 5) is 20.8. The third-order valence-electron chi connectivity index (χ3n) is 13.4. The molecule has 3 aromatic carbocycles. The molecule has 0 fully saturated rings. The van der Waals surface area contributed by atoms with Crippen molar-refractivity contribution in [2.75, 3.05) is 14.2 Å². The number of ether oxygens (including phenoxy) is 2. The monoisotopic (exact) mass is 957 g/mol. The number of rotatable bonds is 11. The molecule has 10 aromatic rings. The van der Waals surface area contributed by atoms with Gasteiger partial charge in [-0.25, -0.2) is 4.98 Å². The summed E-state index contributed by atoms with van der Waals surface area (Å²) in [5.41, 5.74) is 11.7. The molecule has 2 unspecified atom stereocenters. The first-order valence-electron chi connectivity index (χ1n) is 23.2. The average Bonchev–Trinajstić information content (AvgIpc) is 4.24. The molecule has 0 saturated carbocycles. The minimum atomic E-state index is -2.97. The van der Waals surface area contributed by atoms with Gasteiger partial charge in [0.15, 0.2) is 0 Å². The van der Waals surface area contributed by atoms with Gasteiger partial charge < -0.3 is 37.8 Å². The van der Waals surface area contributed by atoms with Gasteiger partial charge in [0.1, 0.15) is 22.7 Å². The van der Waals surface area contributed by atoms with Gasteiger partial charge in [-0.15, -0.1) is 0 Å². The number of aromatic amines is 3. The fourth-order valence-electron chi connectivity index (χ4n) is 10.0. The molecule has 10 bridgehead atoms. The van der Waals surface area contributed by atoms with Crippen molar-refractivity contribution in [1.82, 2.24) is 28.9 Å². The van der Waals surface area contributed by atoms with E-state index in [1.807, 2.05) is 146 Å². The lowest BCUT2D eigenvalue weighted by Crippen LogP contribution is -2.23. The Morgan fingerprint density at radius 3 is 1.82 bits per heavy atom. The van der Waals surface area contributed by atoms with Crippen molar-refractivity contribution < 1.29 is 31.2 Å². The van der Waals surface area contributed by atoms with E-state index in [0.717, 1.165) is 36.7 Å². The molecule has 0 amide bonds. The second-order valence-electron chi connectivity index (χ2n) is 17.4. The summed E-state index contributed by atoms with van der Waals surface area (Å²) in [6.07, 6.45) is 8.84. The van der Waals surface area contributed by atoms with Crippen LogP contribution in [0.1, 0.15) is 34.3 Å². The number of halogens is 4. The highest BCUT2D eigenvalue weighted by Crippen LogP contribution is 2.39. The fourth-order valence-corrected chi connectivity index (χ4v) is 10.0. The largest absolute Gasteiger partial charge is 0.678 e. The number of nitrogens with zero attached hydrogens (tertiary/aromatic N) is 4. The van der Waals surface area contributed by atoms with Crippen molar-refractivity contribution in [2.45, 2.75) is 12.0 Å². The molecule has 0 aliphatic carbocycles. The van der Waals surface area contributed by atoms with Crippen LogP contribution in [0.4, 0.5) is 17.3 Å². The molecule has 0 spiro atoms. The number of hydrogen-bond donors (Lipinski definition) is 3. The first-order chi connectivity index (χ1) is 35.2. The summed E-state index contributed by atoms with van der Waals surface area (Å²) in [7, 11) is -2.47. The first kappa shape index (κ1) is 44.3. The molecule has 2 aliphatic heterocycles. The van der Waals surface area contributed by atoms with Crippen LogP contribution in [-0.2, 0) is 0 Å². The second-order valence-corrected chi connectivity index (χ2v) is 17.4. The highest BCUT2D eigenvalue weighted by atomic mass is 19.2. The molecule has 0 radical (unpaired) electrons. The highest BCUT2D eigenvalue weighted by molar-refractivity contribution is 6.44. The summed E-state index contributed by atoms with van der Waals surface area (Å²) in [6, 6.07) is 46.0. The van der Waals surface area contributed by atoms with E-state index in [0.29, 0.717) is 84.5 Å². The van der Waals surface area contributed by atoms with Crippen LogP contribution in [0, 0.1) is 0 Å². The number of methoxy groups -OCH3 is 2. The Morgan fingerprint density at radius 2 is 1.17 bits per heavy atom. The number of furan rings is 1. The molecule has 72 heavy (non-hydrogen) atoms. The van der Waals surface area contributed by atoms with Crippen LogP contribution in [0.2, 0.25) is 0 Å². The van der Waals surface area contributed by atoms with Gasteiger partial charge in [-0.2, -0.15) is 0 Å². The quantitative estimate of drug-likeness (QED) is 0.0885. The van der Waals surface area contributed by atoms with Crippen LogP contribution < -0.4 is 9.47 Å². The summed E-state index contributed by atoms with van der Waals surface area (Å²) >= 11 is 0. The summed E-state index contributed by atoms with van der Waals surface area (Å²) in [5, 5.41) is 0. The molecule has 352 valence electrons. The van der Waals surface area contributed by atoms with Crippen LogP contribution in [0.15, 0.2) is 179 Å². The number of fused-ring (bicyclic) bond motifs is 12. The van der Waals surface area contributed by atoms with Crippen molar-refractivity contribution in [3.8, 4) is 45.0 Å². The third-order valence-corrected chi connectivity index (χ3v) is 13.4. The smallest absolute Gasteiger partial charge is 0.497 e. The van der Waals surface area contributed by atoms with Crippen molar-refractivity contribution in [2.24, 2.45) is 4.99 Å². The third kappa shape index (κ3) is 7.81. The fraction of sp³-hybridized carbons (Fsp3) is 0.0714. The minimum absolute atomic E-state index is 0.214. The van der Waals surface area contributed by atoms with E-state index < -0.39 is 26.8 Å². The van der Waals surface area contributed by atoms with Crippen molar-refractivity contribution in [1.29, 1.82) is 0 Å². The van der Waals surface area contributed by atoms with Crippen LogP contribution in [0.5, 0.6) is 11.5 Å². The van der Waals surface area contributed by atoms with Crippen LogP contribution in [0.3, 0.4) is 0 Å². The van der Waals surface area contributed by atoms with Gasteiger partial charge >= 0.3 is 14.8 Å². The predicted molar refractivity (Wildman–Crippen MR) is 280 cm³/mol. The van der Waals surface area contributed by atoms with Crippen molar-refractivity contribution in [3.63, 3.8) is 0 Å². The Bertz CT molecular complexity index is 3940. The van der Waals surface area contributed by atoms with E-state index in [4.69, 9.17) is 23.9 Å². The number of benzene rings is 3. The van der Waals surface area contributed by atoms with E-state index in [1.165, 1.54) is 6.20 Å². The van der Waals surface area contributed by atoms with Crippen LogP contribution in [-0.4, -0.2) is 69.7 Å². The maximum atomic E-state index is 15.9. The topological polar surface area (TPSA) is 114 Å². The standard InChI is InChI=1S/C56H41B2F4N7O3/c1-70-36-14-10-34(11-15-36)54-44-24-19-39(64-44)41-21-26-47(66-41)56(46-25-20-40(65-46)38-18-23-43(63-38)53(33-7-4-3-5-8-33)49-9-6-32-68(49)57(59)60)50-29-28-48(69(50)58(61)62)42-22-27-45(67-42)55(52-31-30-51(54)72-52)35-12-16-37(71-2)17-13-35/h3-32,43,53,64-65,67H,1-2H3. The number of H-pyrrole nitrogens is 3. The molecular formula is C56H41B2F4N7O3. The number of allylic oxidation sites excluding steroid dienone is 1. The Balaban J connectivity index is 1.08. The SMILES string of the molecule is COc1ccc(-c2c3ccc([nH]3)c3nc(c(-c4ccc(C5=NC(C(c6ccccc6)c6cccn6B(F)F)C=C5)[nH]4)c4ccc(c5ccc([nH]5)c(-c5ccc(OC)cc5)c5ccc2o5)n4B(F)F)C=C3)cc1. The van der Waals surface area contributed by atoms with E-state index in [1.54, 1.807) is 44.6 Å². The van der Waals surface area contributed by atoms with E-state index in [9.17, 15) is 8.63 Å². The van der Waals surface area contributed by atoms with Gasteiger partial charge in [0.2, 0.25) is 0 Å². The predicted octanol–water partition coefficient (Wildman–Crippen LogP) is 13.7. The summed E-state index contributed by atoms with van der Waals surface area (Å²) in [6.45, 7) is 0. The Morgan fingerprint density at radius 1 is 0.556 bits per heavy atom. The second kappa shape index (κ2) is 18.1. The van der Waals surface area contributed by atoms with Crippen molar-refractivity contribution >= 4 is 76.9 Å². The number of aliphatic imine (C=N–C) groups is 1. The Hall–Kier alpha value is -8.91. The van der Waals surface area contributed by atoms with E-state index >= 15 is 8.63 Å². The van der Waals surface area contributed by atoms with Gasteiger partial charge in [0, 0.05) is 33.8 Å². The molecule has 12 rings (SSSR count). The lowest BCUT2D eigenvalue weighted by Gasteiger charge is -2.22. The molecule has 2 atom stereocenters. The van der Waals surface area contributed by atoms with Gasteiger partial charge in [-0.3, -0.25) is 22.3 Å². The highest BCUT2D eigenvalue weighted by Gasteiger charge is 2.32. The lowest BCUT2D eigenvalue weighted by atomic mass is 9.88. The summed E-state index contributed by atoms with van der Waals surface area (Å²) < 4.78 is 80.3. The zero-order chi connectivity index (χ0) is 49.0. The van der Waals surface area contributed by atoms with E-state index in [-0.39, 0.29) is 11.0 Å². The maximum Gasteiger partial charge on any atom is 0.678 e. The van der Waals surface area contributed by atoms with Crippen LogP contribution in [0.25, 0.3) is 89.9 Å². The first-order valence-corrected chi connectivity index (χ1v) is 23.2. The normalized spacial score (nSPS) is 14.0. The Labute approximate surface area is 410 Å². The summed E-state index contributed by atoms with van der Waals surface area (Å²) in [5.74, 6) is 0.865. The molecule has 10 nitrogen and oxygen atoms in total. The zero-order valence-corrected chi connectivity index (χ0v) is 38.7. The van der Waals surface area contributed by atoms with Crippen LogP contribution >= 0.6 is 0 Å². The molecule has 16 heteroatoms. The van der Waals surface area contributed by atoms with E-state index in [2.05, 4.69) is 15.0 Å². The number of nitrogens with one attached hydrogen (secondary N) is 3. The van der Waals surface area contributed by atoms with Gasteiger partial charge in [0.05, 0.1) is 76.3 Å². The molecule has 7 aromatic heterocycles. The molecule has 9 heterocycles. The molecular weight excluding hydrogens is 916 g/mol. The lowest BCUT2D eigenvalue weighted by molar-refractivity contribution is 0.415. The van der Waals surface area contributed by atoms with Gasteiger partial charge in [-0.05, 0) is 138 Å². The molecule has 2 aliphatic rings. The Kier molecular flexibility index (Phi) is 11.1. The number of aromatic nitrogens is 6.